The fourth-order valence-corrected chi connectivity index (χ4v) is 5.70. The van der Waals surface area contributed by atoms with Gasteiger partial charge in [0.05, 0.1) is 21.2 Å². The van der Waals surface area contributed by atoms with Crippen LogP contribution in [0, 0.1) is 20.8 Å². The molecule has 8 heteroatoms. The highest BCUT2D eigenvalue weighted by molar-refractivity contribution is 7.99. The van der Waals surface area contributed by atoms with E-state index >= 15 is 0 Å². The van der Waals surface area contributed by atoms with Gasteiger partial charge in [-0.25, -0.2) is 13.4 Å². The second-order valence-electron chi connectivity index (χ2n) is 7.68. The number of aryl methyl sites for hydroxylation is 3. The Labute approximate surface area is 194 Å². The number of hydrogen-bond acceptors (Lipinski definition) is 5. The lowest BCUT2D eigenvalue weighted by molar-refractivity contribution is -0.113. The minimum Gasteiger partial charge on any atom is -0.325 e. The molecule has 170 valence electrons. The maximum atomic E-state index is 12.8. The molecule has 1 heterocycles. The largest absolute Gasteiger partial charge is 0.325 e. The van der Waals surface area contributed by atoms with Crippen molar-refractivity contribution in [3.05, 3.63) is 59.2 Å². The van der Waals surface area contributed by atoms with E-state index in [0.717, 1.165) is 27.2 Å². The molecule has 0 saturated heterocycles. The number of benzene rings is 2. The summed E-state index contributed by atoms with van der Waals surface area (Å²) < 4.78 is 27.1. The summed E-state index contributed by atoms with van der Waals surface area (Å²) in [7, 11) is -3.53. The fraction of sp³-hybridized carbons (Fsp3) is 0.333. The Morgan fingerprint density at radius 2 is 1.69 bits per heavy atom. The molecule has 0 spiro atoms. The number of amides is 1. The van der Waals surface area contributed by atoms with Crippen LogP contribution in [0.3, 0.4) is 0 Å². The molecule has 32 heavy (non-hydrogen) atoms. The average Bonchev–Trinajstić information content (AvgIpc) is 2.75. The first-order valence-corrected chi connectivity index (χ1v) is 13.0. The molecule has 6 nitrogen and oxygen atoms in total. The molecule has 0 aliphatic carbocycles. The molecule has 0 aliphatic heterocycles. The maximum Gasteiger partial charge on any atom is 0.243 e. The van der Waals surface area contributed by atoms with Crippen molar-refractivity contribution in [2.24, 2.45) is 0 Å². The second-order valence-corrected chi connectivity index (χ2v) is 10.6. The summed E-state index contributed by atoms with van der Waals surface area (Å²) in [6.07, 6.45) is 0. The predicted octanol–water partition coefficient (Wildman–Crippen LogP) is 4.92. The Balaban J connectivity index is 1.76. The van der Waals surface area contributed by atoms with Crippen LogP contribution in [-0.4, -0.2) is 42.5 Å². The van der Waals surface area contributed by atoms with Crippen molar-refractivity contribution in [2.75, 3.05) is 24.2 Å². The van der Waals surface area contributed by atoms with E-state index in [2.05, 4.69) is 10.3 Å². The number of carbonyl (C=O) groups excluding carboxylic acids is 1. The third-order valence-electron chi connectivity index (χ3n) is 5.45. The number of fused-ring (bicyclic) bond motifs is 1. The Kier molecular flexibility index (Phi) is 7.59. The van der Waals surface area contributed by atoms with Gasteiger partial charge in [0.15, 0.2) is 0 Å². The van der Waals surface area contributed by atoms with Gasteiger partial charge < -0.3 is 5.32 Å². The van der Waals surface area contributed by atoms with Crippen LogP contribution in [-0.2, 0) is 14.8 Å². The molecule has 0 saturated carbocycles. The second kappa shape index (κ2) is 10.0. The summed E-state index contributed by atoms with van der Waals surface area (Å²) in [5.74, 6) is 0.137. The van der Waals surface area contributed by atoms with Crippen LogP contribution in [0.15, 0.2) is 52.4 Å². The summed E-state index contributed by atoms with van der Waals surface area (Å²) in [5, 5.41) is 4.44. The van der Waals surface area contributed by atoms with Crippen molar-refractivity contribution < 1.29 is 13.2 Å². The Bertz CT molecular complexity index is 1250. The smallest absolute Gasteiger partial charge is 0.243 e. The molecular weight excluding hydrogens is 442 g/mol. The zero-order chi connectivity index (χ0) is 23.5. The predicted molar refractivity (Wildman–Crippen MR) is 132 cm³/mol. The number of anilines is 1. The summed E-state index contributed by atoms with van der Waals surface area (Å²) in [6.45, 7) is 10.5. The Hall–Kier alpha value is -2.42. The number of nitrogens with one attached hydrogen (secondary N) is 1. The van der Waals surface area contributed by atoms with Gasteiger partial charge in [-0.3, -0.25) is 4.79 Å². The number of aromatic nitrogens is 1. The van der Waals surface area contributed by atoms with E-state index in [9.17, 15) is 13.2 Å². The van der Waals surface area contributed by atoms with Crippen LogP contribution < -0.4 is 5.32 Å². The zero-order valence-corrected chi connectivity index (χ0v) is 20.7. The molecule has 0 bridgehead atoms. The highest BCUT2D eigenvalue weighted by Crippen LogP contribution is 2.27. The van der Waals surface area contributed by atoms with Gasteiger partial charge in [0.1, 0.15) is 0 Å². The molecule has 0 radical (unpaired) electrons. The third kappa shape index (κ3) is 5.31. The Morgan fingerprint density at radius 3 is 2.34 bits per heavy atom. The van der Waals surface area contributed by atoms with Crippen LogP contribution in [0.25, 0.3) is 10.9 Å². The van der Waals surface area contributed by atoms with Gasteiger partial charge in [-0.05, 0) is 73.9 Å². The van der Waals surface area contributed by atoms with Gasteiger partial charge in [0.25, 0.3) is 0 Å². The van der Waals surface area contributed by atoms with Crippen molar-refractivity contribution in [1.82, 2.24) is 9.29 Å². The van der Waals surface area contributed by atoms with Crippen LogP contribution in [0.4, 0.5) is 5.69 Å². The number of sulfonamides is 1. The molecular formula is C24H29N3O3S2. The first kappa shape index (κ1) is 24.2. The first-order chi connectivity index (χ1) is 15.1. The topological polar surface area (TPSA) is 79.4 Å². The fourth-order valence-electron chi connectivity index (χ4n) is 3.45. The monoisotopic (exact) mass is 471 g/mol. The lowest BCUT2D eigenvalue weighted by Crippen LogP contribution is -2.30. The lowest BCUT2D eigenvalue weighted by atomic mass is 10.1. The first-order valence-electron chi connectivity index (χ1n) is 10.6. The van der Waals surface area contributed by atoms with E-state index in [1.54, 1.807) is 18.2 Å². The van der Waals surface area contributed by atoms with Crippen molar-refractivity contribution in [3.63, 3.8) is 0 Å². The van der Waals surface area contributed by atoms with E-state index in [-0.39, 0.29) is 16.6 Å². The number of carbonyl (C=O) groups is 1. The number of pyridine rings is 1. The van der Waals surface area contributed by atoms with Gasteiger partial charge in [0.2, 0.25) is 15.9 Å². The van der Waals surface area contributed by atoms with E-state index in [1.165, 1.54) is 21.6 Å². The van der Waals surface area contributed by atoms with Gasteiger partial charge in [0, 0.05) is 24.2 Å². The van der Waals surface area contributed by atoms with Crippen LogP contribution in [0.1, 0.15) is 30.5 Å². The highest BCUT2D eigenvalue weighted by atomic mass is 32.2. The average molecular weight is 472 g/mol. The minimum absolute atomic E-state index is 0.0986. The van der Waals surface area contributed by atoms with Gasteiger partial charge >= 0.3 is 0 Å². The molecule has 0 unspecified atom stereocenters. The molecule has 1 aromatic heterocycles. The standard InChI is InChI=1S/C24H29N3O3S2/c1-6-27(7-2)32(29,30)20-10-11-22-21(14-20)18(5)13-24(26-22)31-15-23(28)25-19-9-8-16(3)17(4)12-19/h8-14H,6-7,15H2,1-5H3,(H,25,28). The minimum atomic E-state index is -3.53. The molecule has 0 fully saturated rings. The van der Waals surface area contributed by atoms with Crippen molar-refractivity contribution in [1.29, 1.82) is 0 Å². The third-order valence-corrected chi connectivity index (χ3v) is 8.41. The van der Waals surface area contributed by atoms with Gasteiger partial charge in [-0.1, -0.05) is 31.7 Å². The SMILES string of the molecule is CCN(CC)S(=O)(=O)c1ccc2nc(SCC(=O)Nc3ccc(C)c(C)c3)cc(C)c2c1. The molecule has 0 atom stereocenters. The van der Waals surface area contributed by atoms with Crippen molar-refractivity contribution >= 4 is 44.3 Å². The quantitative estimate of drug-likeness (QED) is 0.472. The van der Waals surface area contributed by atoms with Gasteiger partial charge in [-0.15, -0.1) is 0 Å². The van der Waals surface area contributed by atoms with E-state index in [1.807, 2.05) is 58.9 Å². The number of thioether (sulfide) groups is 1. The molecule has 1 N–H and O–H groups in total. The molecule has 1 amide bonds. The van der Waals surface area contributed by atoms with E-state index < -0.39 is 10.0 Å². The molecule has 2 aromatic carbocycles. The number of nitrogens with zero attached hydrogens (tertiary/aromatic N) is 2. The molecule has 3 rings (SSSR count). The van der Waals surface area contributed by atoms with E-state index in [0.29, 0.717) is 18.6 Å². The van der Waals surface area contributed by atoms with Crippen molar-refractivity contribution in [3.8, 4) is 0 Å². The number of hydrogen-bond donors (Lipinski definition) is 1. The maximum absolute atomic E-state index is 12.8. The summed E-state index contributed by atoms with van der Waals surface area (Å²) in [4.78, 5) is 17.3. The van der Waals surface area contributed by atoms with Crippen molar-refractivity contribution in [2.45, 2.75) is 44.5 Å². The Morgan fingerprint density at radius 1 is 0.969 bits per heavy atom. The lowest BCUT2D eigenvalue weighted by Gasteiger charge is -2.19. The van der Waals surface area contributed by atoms with Crippen LogP contribution in [0.5, 0.6) is 0 Å². The summed E-state index contributed by atoms with van der Waals surface area (Å²) >= 11 is 1.36. The van der Waals surface area contributed by atoms with Crippen LogP contribution in [0.2, 0.25) is 0 Å². The van der Waals surface area contributed by atoms with Gasteiger partial charge in [-0.2, -0.15) is 4.31 Å². The molecule has 3 aromatic rings. The zero-order valence-electron chi connectivity index (χ0n) is 19.1. The molecule has 0 aliphatic rings. The highest BCUT2D eigenvalue weighted by Gasteiger charge is 2.22. The van der Waals surface area contributed by atoms with E-state index in [4.69, 9.17) is 0 Å². The normalized spacial score (nSPS) is 11.8. The summed E-state index contributed by atoms with van der Waals surface area (Å²) in [5.41, 5.74) is 4.72. The van der Waals surface area contributed by atoms with Crippen LogP contribution >= 0.6 is 11.8 Å². The number of rotatable bonds is 8. The summed E-state index contributed by atoms with van der Waals surface area (Å²) in [6, 6.07) is 12.8.